The molecule has 388 valence electrons. The molecule has 6 aromatic rings. The summed E-state index contributed by atoms with van der Waals surface area (Å²) in [6.45, 7) is 15.0. The molecule has 2 heterocycles. The van der Waals surface area contributed by atoms with Gasteiger partial charge in [-0.15, -0.1) is 0 Å². The van der Waals surface area contributed by atoms with Crippen LogP contribution in [0.1, 0.15) is 104 Å². The Morgan fingerprint density at radius 2 is 1.04 bits per heavy atom. The van der Waals surface area contributed by atoms with Crippen molar-refractivity contribution in [3.8, 4) is 0 Å². The van der Waals surface area contributed by atoms with E-state index in [0.717, 1.165) is 55.3 Å². The number of benzene rings is 6. The molecular weight excluding hydrogens is 939 g/mol. The van der Waals surface area contributed by atoms with Crippen LogP contribution in [0.2, 0.25) is 18.1 Å². The van der Waals surface area contributed by atoms with Crippen LogP contribution in [0.3, 0.4) is 0 Å². The number of hydrogen-bond donors (Lipinski definition) is 2. The van der Waals surface area contributed by atoms with Gasteiger partial charge in [0.25, 0.3) is 0 Å². The van der Waals surface area contributed by atoms with Gasteiger partial charge in [0.05, 0.1) is 18.4 Å². The number of carbonyl (C=O) groups excluding carboxylic acids is 2. The quantitative estimate of drug-likeness (QED) is 0.0535. The molecule has 1 saturated carbocycles. The van der Waals surface area contributed by atoms with Gasteiger partial charge in [0.15, 0.2) is 11.6 Å². The average molecular weight is 1010 g/mol. The Morgan fingerprint density at radius 1 is 0.649 bits per heavy atom. The lowest BCUT2D eigenvalue weighted by molar-refractivity contribution is -0.213. The SMILES string of the molecule is C=C(/C=C/N(C)C)O[Si](C)(C)C(C)(C)C.O=C1C=CO[C@@H](c2ccccc2)C1.O=Cc1ccccc1.OC(c1ccccc1)(c1ccccc1)C1OC2(CCCCC2)O[C@H]1C(O)(c1ccccc1)c1ccccc1. The Morgan fingerprint density at radius 3 is 1.39 bits per heavy atom. The van der Waals surface area contributed by atoms with Crippen LogP contribution in [0.4, 0.5) is 0 Å². The van der Waals surface area contributed by atoms with E-state index in [0.29, 0.717) is 28.7 Å². The van der Waals surface area contributed by atoms with Gasteiger partial charge in [-0.3, -0.25) is 9.59 Å². The zero-order valence-corrected chi connectivity index (χ0v) is 45.2. The summed E-state index contributed by atoms with van der Waals surface area (Å²) in [7, 11) is 2.26. The molecule has 2 N–H and O–H groups in total. The summed E-state index contributed by atoms with van der Waals surface area (Å²) in [4.78, 5) is 23.1. The van der Waals surface area contributed by atoms with E-state index in [9.17, 15) is 19.8 Å². The largest absolute Gasteiger partial charge is 0.544 e. The first kappa shape index (κ1) is 56.6. The van der Waals surface area contributed by atoms with E-state index in [1.165, 1.54) is 12.3 Å². The van der Waals surface area contributed by atoms with Crippen LogP contribution in [-0.4, -0.2) is 67.6 Å². The van der Waals surface area contributed by atoms with Gasteiger partial charge in [-0.05, 0) is 64.9 Å². The number of rotatable bonds is 12. The number of aldehydes is 1. The lowest BCUT2D eigenvalue weighted by Gasteiger charge is -2.42. The van der Waals surface area contributed by atoms with Crippen molar-refractivity contribution in [3.05, 3.63) is 252 Å². The van der Waals surface area contributed by atoms with Gasteiger partial charge in [-0.1, -0.05) is 216 Å². The summed E-state index contributed by atoms with van der Waals surface area (Å²) in [5.41, 5.74) is 1.41. The number of allylic oxidation sites excluding steroid dienone is 2. The molecule has 74 heavy (non-hydrogen) atoms. The Bertz CT molecular complexity index is 2520. The van der Waals surface area contributed by atoms with Crippen LogP contribution in [0, 0.1) is 0 Å². The van der Waals surface area contributed by atoms with Crippen molar-refractivity contribution in [1.29, 1.82) is 0 Å². The number of carbonyl (C=O) groups is 2. The fraction of sp³-hybridized carbons (Fsp3) is 0.312. The molecule has 10 heteroatoms. The third-order valence-corrected chi connectivity index (χ3v) is 18.4. The minimum atomic E-state index is -1.71. The molecule has 9 rings (SSSR count). The minimum absolute atomic E-state index is 0.0984. The topological polar surface area (TPSA) is 115 Å². The molecule has 3 aliphatic rings. The normalized spacial score (nSPS) is 18.3. The molecule has 1 aliphatic carbocycles. The fourth-order valence-electron chi connectivity index (χ4n) is 8.96. The highest BCUT2D eigenvalue weighted by atomic mass is 28.4. The molecule has 1 spiro atoms. The third-order valence-electron chi connectivity index (χ3n) is 14.0. The molecular formula is C64H75NO8Si. The van der Waals surface area contributed by atoms with Crippen molar-refractivity contribution >= 4 is 20.4 Å². The molecule has 0 aromatic heterocycles. The standard InChI is InChI=1S/C34H34O4.C12H25NOSi.C11H10O2.C7H6O/c35-33(26-16-6-1-7-17-26,27-18-8-2-9-19-27)30-31(38-32(37-30)24-14-5-15-25-32)34(36,28-20-10-3-11-21-28)29-22-12-4-13-23-29;1-11(9-10-13(5)6)14-15(7,8)12(2,3)4;12-10-6-7-13-11(8-10)9-4-2-1-3-5-9;8-6-7-4-2-1-3-5-7/h1-4,6-13,16-23,30-31,35-36H,5,14-15,24-25H2;9-10H,1H2,2-8H3;1-7,11H,8H2;1-6H/b;10-9+;;/t30-,31?;;11-;/m1.1./s1. The number of ketones is 1. The Labute approximate surface area is 440 Å². The highest BCUT2D eigenvalue weighted by Gasteiger charge is 2.63. The zero-order chi connectivity index (χ0) is 53.2. The first-order chi connectivity index (χ1) is 35.4. The Balaban J connectivity index is 0.000000201. The Hall–Kier alpha value is -6.66. The van der Waals surface area contributed by atoms with Gasteiger partial charge < -0.3 is 33.7 Å². The van der Waals surface area contributed by atoms with Gasteiger partial charge in [0, 0.05) is 44.8 Å². The van der Waals surface area contributed by atoms with Gasteiger partial charge in [-0.25, -0.2) is 0 Å². The first-order valence-electron chi connectivity index (χ1n) is 25.6. The second-order valence-electron chi connectivity index (χ2n) is 20.7. The van der Waals surface area contributed by atoms with Crippen LogP contribution in [0.15, 0.2) is 219 Å². The molecule has 1 unspecified atom stereocenters. The highest BCUT2D eigenvalue weighted by molar-refractivity contribution is 6.74. The van der Waals surface area contributed by atoms with Crippen molar-refractivity contribution in [2.75, 3.05) is 14.1 Å². The third kappa shape index (κ3) is 14.5. The van der Waals surface area contributed by atoms with Gasteiger partial charge in [-0.2, -0.15) is 0 Å². The first-order valence-corrected chi connectivity index (χ1v) is 28.5. The molecule has 6 aromatic carbocycles. The van der Waals surface area contributed by atoms with E-state index >= 15 is 0 Å². The number of nitrogens with zero attached hydrogens (tertiary/aromatic N) is 1. The summed E-state index contributed by atoms with van der Waals surface area (Å²) in [6.07, 6.45) is 10.7. The van der Waals surface area contributed by atoms with Gasteiger partial charge in [0.2, 0.25) is 8.32 Å². The summed E-state index contributed by atoms with van der Waals surface area (Å²) < 4.78 is 25.2. The van der Waals surface area contributed by atoms with Crippen LogP contribution in [-0.2, 0) is 34.6 Å². The van der Waals surface area contributed by atoms with E-state index < -0.39 is 37.5 Å². The summed E-state index contributed by atoms with van der Waals surface area (Å²) in [6, 6.07) is 57.4. The Kier molecular flexibility index (Phi) is 19.9. The van der Waals surface area contributed by atoms with E-state index in [2.05, 4.69) is 40.4 Å². The maximum Gasteiger partial charge on any atom is 0.250 e. The minimum Gasteiger partial charge on any atom is -0.544 e. The maximum atomic E-state index is 12.9. The number of hydrogen-bond acceptors (Lipinski definition) is 9. The number of aliphatic hydroxyl groups is 2. The van der Waals surface area contributed by atoms with Crippen molar-refractivity contribution in [1.82, 2.24) is 4.90 Å². The van der Waals surface area contributed by atoms with Crippen LogP contribution >= 0.6 is 0 Å². The highest BCUT2D eigenvalue weighted by Crippen LogP contribution is 2.53. The monoisotopic (exact) mass is 1010 g/mol. The van der Waals surface area contributed by atoms with Crippen molar-refractivity contribution in [3.63, 3.8) is 0 Å². The maximum absolute atomic E-state index is 12.9. The van der Waals surface area contributed by atoms with E-state index in [1.54, 1.807) is 12.1 Å². The molecule has 0 amide bonds. The molecule has 3 atom stereocenters. The van der Waals surface area contributed by atoms with E-state index in [1.807, 2.05) is 201 Å². The molecule has 2 aliphatic heterocycles. The van der Waals surface area contributed by atoms with Gasteiger partial charge >= 0.3 is 0 Å². The molecule has 2 fully saturated rings. The lowest BCUT2D eigenvalue weighted by Crippen LogP contribution is -2.54. The van der Waals surface area contributed by atoms with Crippen molar-refractivity contribution < 1.29 is 38.4 Å². The molecule has 9 nitrogen and oxygen atoms in total. The zero-order valence-electron chi connectivity index (χ0n) is 44.2. The molecule has 0 bridgehead atoms. The van der Waals surface area contributed by atoms with E-state index in [-0.39, 0.29) is 16.9 Å². The summed E-state index contributed by atoms with van der Waals surface area (Å²) in [5.74, 6) is 0.0123. The summed E-state index contributed by atoms with van der Waals surface area (Å²) >= 11 is 0. The van der Waals surface area contributed by atoms with Gasteiger partial charge in [0.1, 0.15) is 35.8 Å². The lowest BCUT2D eigenvalue weighted by atomic mass is 9.72. The average Bonchev–Trinajstić information content (AvgIpc) is 3.81. The number of ether oxygens (including phenoxy) is 3. The molecule has 0 radical (unpaired) electrons. The van der Waals surface area contributed by atoms with Crippen LogP contribution < -0.4 is 0 Å². The smallest absolute Gasteiger partial charge is 0.250 e. The molecule has 1 saturated heterocycles. The van der Waals surface area contributed by atoms with Crippen LogP contribution in [0.5, 0.6) is 0 Å². The predicted octanol–water partition coefficient (Wildman–Crippen LogP) is 13.6. The van der Waals surface area contributed by atoms with Crippen molar-refractivity contribution in [2.24, 2.45) is 0 Å². The fourth-order valence-corrected chi connectivity index (χ4v) is 9.99. The second kappa shape index (κ2) is 26.0. The van der Waals surface area contributed by atoms with Crippen molar-refractivity contribution in [2.45, 2.75) is 113 Å². The predicted molar refractivity (Wildman–Crippen MR) is 298 cm³/mol. The summed E-state index contributed by atoms with van der Waals surface area (Å²) in [5, 5.41) is 26.0. The van der Waals surface area contributed by atoms with Crippen LogP contribution in [0.25, 0.3) is 0 Å². The van der Waals surface area contributed by atoms with E-state index in [4.69, 9.17) is 18.6 Å². The second-order valence-corrected chi connectivity index (χ2v) is 25.4.